The van der Waals surface area contributed by atoms with Gasteiger partial charge in [-0.25, -0.2) is 0 Å². The van der Waals surface area contributed by atoms with Crippen molar-refractivity contribution in [1.82, 2.24) is 0 Å². The molecule has 0 unspecified atom stereocenters. The monoisotopic (exact) mass is 295 g/mol. The summed E-state index contributed by atoms with van der Waals surface area (Å²) in [6.45, 7) is 0. The molecule has 0 radical (unpaired) electrons. The number of rotatable bonds is 0. The molecule has 0 N–H and O–H groups in total. The molecule has 0 spiro atoms. The van der Waals surface area contributed by atoms with Crippen molar-refractivity contribution in [3.05, 3.63) is 24.9 Å². The summed E-state index contributed by atoms with van der Waals surface area (Å²) >= 11 is 0. The molecule has 0 aromatic rings. The fraction of sp³-hybridized carbons (Fsp3) is 0. The zero-order valence-corrected chi connectivity index (χ0v) is 7.76. The maximum atomic E-state index is 9.98. The van der Waals surface area contributed by atoms with Crippen molar-refractivity contribution in [3.8, 4) is 0 Å². The van der Waals surface area contributed by atoms with Crippen LogP contribution < -0.4 is 0 Å². The minimum atomic E-state index is -0.454. The van der Waals surface area contributed by atoms with Crippen LogP contribution in [-0.2, 0) is 30.7 Å². The normalized spacial score (nSPS) is 13.8. The Hall–Kier alpha value is -0.432. The van der Waals surface area contributed by atoms with Gasteiger partial charge in [0, 0.05) is 0 Å². The van der Waals surface area contributed by atoms with Gasteiger partial charge in [0.2, 0.25) is 0 Å². The molecule has 0 saturated carbocycles. The Morgan fingerprint density at radius 3 is 1.56 bits per heavy atom. The van der Waals surface area contributed by atoms with E-state index < -0.39 is 11.8 Å². The third-order valence-corrected chi connectivity index (χ3v) is 0.589. The van der Waals surface area contributed by atoms with Gasteiger partial charge in [-0.2, -0.15) is 0 Å². The fourth-order valence-corrected chi connectivity index (χ4v) is 0.326. The van der Waals surface area contributed by atoms with Crippen LogP contribution in [0.15, 0.2) is 12.2 Å². The summed E-state index contributed by atoms with van der Waals surface area (Å²) in [5.74, 6) is -0.907. The van der Waals surface area contributed by atoms with Gasteiger partial charge in [0.05, 0.1) is 11.8 Å². The number of imide groups is 1. The standard InChI is InChI=1S/C4H3NO2.CH3.W/c6-3-1-2-4(7)5-3;;/h1-2H,(H,5,6,7);1H3;/q;-1;+2/p-1. The van der Waals surface area contributed by atoms with E-state index in [1.54, 1.807) is 0 Å². The van der Waals surface area contributed by atoms with Crippen LogP contribution >= 0.6 is 0 Å². The Morgan fingerprint density at radius 2 is 1.44 bits per heavy atom. The summed E-state index contributed by atoms with van der Waals surface area (Å²) < 4.78 is 0. The molecule has 1 aliphatic heterocycles. The molecule has 9 heavy (non-hydrogen) atoms. The molecule has 0 saturated heterocycles. The maximum Gasteiger partial charge on any atom is 2.00 e. The van der Waals surface area contributed by atoms with Gasteiger partial charge in [-0.15, -0.1) is 0 Å². The van der Waals surface area contributed by atoms with E-state index in [9.17, 15) is 9.59 Å². The van der Waals surface area contributed by atoms with Gasteiger partial charge in [-0.05, 0) is 12.2 Å². The first-order valence-corrected chi connectivity index (χ1v) is 1.77. The van der Waals surface area contributed by atoms with Crippen LogP contribution in [0.1, 0.15) is 0 Å². The van der Waals surface area contributed by atoms with E-state index in [2.05, 4.69) is 5.32 Å². The van der Waals surface area contributed by atoms with Crippen molar-refractivity contribution in [2.24, 2.45) is 0 Å². The topological polar surface area (TPSA) is 48.2 Å². The van der Waals surface area contributed by atoms with Crippen LogP contribution in [-0.4, -0.2) is 11.8 Å². The predicted molar refractivity (Wildman–Crippen MR) is 28.9 cm³/mol. The summed E-state index contributed by atoms with van der Waals surface area (Å²) in [7, 11) is 0. The fourth-order valence-electron chi connectivity index (χ4n) is 0.326. The van der Waals surface area contributed by atoms with Gasteiger partial charge in [0.15, 0.2) is 0 Å². The largest absolute Gasteiger partial charge is 2.00 e. The smallest absolute Gasteiger partial charge is 0.589 e. The van der Waals surface area contributed by atoms with E-state index in [0.717, 1.165) is 12.2 Å². The number of nitrogens with zero attached hydrogens (tertiary/aromatic N) is 1. The van der Waals surface area contributed by atoms with Crippen LogP contribution in [0, 0.1) is 7.43 Å². The van der Waals surface area contributed by atoms with Crippen molar-refractivity contribution < 1.29 is 30.7 Å². The molecule has 2 amide bonds. The molecule has 1 heterocycles. The van der Waals surface area contributed by atoms with Crippen LogP contribution in [0.25, 0.3) is 5.32 Å². The average Bonchev–Trinajstić information content (AvgIpc) is 1.87. The van der Waals surface area contributed by atoms with E-state index in [1.165, 1.54) is 0 Å². The minimum absolute atomic E-state index is 0. The summed E-state index contributed by atoms with van der Waals surface area (Å²) in [6, 6.07) is 0. The van der Waals surface area contributed by atoms with E-state index in [0.29, 0.717) is 0 Å². The van der Waals surface area contributed by atoms with Gasteiger partial charge < -0.3 is 22.3 Å². The van der Waals surface area contributed by atoms with Crippen LogP contribution in [0.3, 0.4) is 0 Å². The van der Waals surface area contributed by atoms with Crippen LogP contribution in [0.5, 0.6) is 0 Å². The number of carbonyl (C=O) groups is 2. The SMILES string of the molecule is O=C1C=CC(=O)[N-]1.[CH3-].[W+2]. The second-order valence-corrected chi connectivity index (χ2v) is 1.12. The molecule has 0 bridgehead atoms. The van der Waals surface area contributed by atoms with Gasteiger partial charge in [-0.1, -0.05) is 0 Å². The Kier molecular flexibility index (Phi) is 5.62. The summed E-state index contributed by atoms with van der Waals surface area (Å²) in [5.41, 5.74) is 0. The van der Waals surface area contributed by atoms with E-state index in [-0.39, 0.29) is 28.5 Å². The summed E-state index contributed by atoms with van der Waals surface area (Å²) in [6.07, 6.45) is 2.28. The molecule has 0 aromatic carbocycles. The molecule has 48 valence electrons. The Morgan fingerprint density at radius 1 is 1.11 bits per heavy atom. The maximum absolute atomic E-state index is 9.98. The van der Waals surface area contributed by atoms with E-state index in [1.807, 2.05) is 0 Å². The minimum Gasteiger partial charge on any atom is -0.589 e. The summed E-state index contributed by atoms with van der Waals surface area (Å²) in [4.78, 5) is 20.0. The Labute approximate surface area is 67.8 Å². The van der Waals surface area contributed by atoms with Crippen molar-refractivity contribution in [1.29, 1.82) is 0 Å². The van der Waals surface area contributed by atoms with Crippen LogP contribution in [0.4, 0.5) is 0 Å². The molecular formula is C5H5NO2W. The van der Waals surface area contributed by atoms with E-state index in [4.69, 9.17) is 0 Å². The molecular weight excluding hydrogens is 290 g/mol. The molecule has 0 fully saturated rings. The molecule has 3 nitrogen and oxygen atoms in total. The first kappa shape index (κ1) is 11.4. The van der Waals surface area contributed by atoms with Gasteiger partial charge >= 0.3 is 21.1 Å². The van der Waals surface area contributed by atoms with Crippen molar-refractivity contribution in [2.45, 2.75) is 0 Å². The number of hydrogen-bond donors (Lipinski definition) is 0. The molecule has 0 aromatic heterocycles. The first-order valence-electron chi connectivity index (χ1n) is 1.77. The predicted octanol–water partition coefficient (Wildman–Crippen LogP) is 0.431. The first-order chi connectivity index (χ1) is 3.29. The zero-order valence-electron chi connectivity index (χ0n) is 4.83. The molecule has 0 aliphatic carbocycles. The zero-order chi connectivity index (χ0) is 5.28. The van der Waals surface area contributed by atoms with Gasteiger partial charge in [0.1, 0.15) is 0 Å². The third-order valence-electron chi connectivity index (χ3n) is 0.589. The molecule has 0 atom stereocenters. The second-order valence-electron chi connectivity index (χ2n) is 1.12. The van der Waals surface area contributed by atoms with Gasteiger partial charge in [-0.3, -0.25) is 0 Å². The van der Waals surface area contributed by atoms with Crippen molar-refractivity contribution in [2.75, 3.05) is 0 Å². The Bertz CT molecular complexity index is 137. The van der Waals surface area contributed by atoms with E-state index >= 15 is 0 Å². The van der Waals surface area contributed by atoms with Crippen molar-refractivity contribution in [3.63, 3.8) is 0 Å². The molecule has 4 heteroatoms. The Balaban J connectivity index is 0. The average molecular weight is 295 g/mol. The molecule has 1 aliphatic rings. The van der Waals surface area contributed by atoms with Gasteiger partial charge in [0.25, 0.3) is 0 Å². The number of amides is 2. The third kappa shape index (κ3) is 3.20. The second kappa shape index (κ2) is 4.45. The quantitative estimate of drug-likeness (QED) is 0.481. The van der Waals surface area contributed by atoms with Crippen molar-refractivity contribution >= 4 is 11.8 Å². The number of hydrogen-bond acceptors (Lipinski definition) is 2. The number of carbonyl (C=O) groups excluding carboxylic acids is 2. The summed E-state index contributed by atoms with van der Waals surface area (Å²) in [5, 5.41) is 3.00. The molecule has 1 rings (SSSR count). The van der Waals surface area contributed by atoms with Crippen LogP contribution in [0.2, 0.25) is 0 Å².